The van der Waals surface area contributed by atoms with Gasteiger partial charge in [-0.3, -0.25) is 14.0 Å². The molecule has 3 rings (SSSR count). The van der Waals surface area contributed by atoms with Gasteiger partial charge in [-0.25, -0.2) is 4.98 Å². The van der Waals surface area contributed by atoms with Crippen LogP contribution in [0.15, 0.2) is 17.8 Å². The summed E-state index contributed by atoms with van der Waals surface area (Å²) in [6, 6.07) is -0.138. The molecular formula is C16H21N3O3S. The molecule has 0 unspecified atom stereocenters. The van der Waals surface area contributed by atoms with Gasteiger partial charge < -0.3 is 10.1 Å². The highest BCUT2D eigenvalue weighted by molar-refractivity contribution is 7.15. The van der Waals surface area contributed by atoms with Gasteiger partial charge in [-0.05, 0) is 12.8 Å². The van der Waals surface area contributed by atoms with E-state index < -0.39 is 0 Å². The van der Waals surface area contributed by atoms with Gasteiger partial charge in [-0.1, -0.05) is 19.3 Å². The van der Waals surface area contributed by atoms with Crippen LogP contribution in [0, 0.1) is 5.92 Å². The van der Waals surface area contributed by atoms with E-state index in [2.05, 4.69) is 10.3 Å². The van der Waals surface area contributed by atoms with Gasteiger partial charge in [0.05, 0.1) is 25.1 Å². The minimum absolute atomic E-state index is 0.0865. The van der Waals surface area contributed by atoms with E-state index in [0.29, 0.717) is 0 Å². The predicted molar refractivity (Wildman–Crippen MR) is 87.3 cm³/mol. The summed E-state index contributed by atoms with van der Waals surface area (Å²) in [6.45, 7) is 0. The number of carbonyl (C=O) groups excluding carboxylic acids is 2. The summed E-state index contributed by atoms with van der Waals surface area (Å²) >= 11 is 1.54. The lowest BCUT2D eigenvalue weighted by Crippen LogP contribution is -2.43. The number of amides is 1. The second kappa shape index (κ2) is 7.12. The maximum absolute atomic E-state index is 12.3. The molecule has 124 valence electrons. The van der Waals surface area contributed by atoms with Gasteiger partial charge in [-0.2, -0.15) is 0 Å². The second-order valence-corrected chi connectivity index (χ2v) is 6.82. The summed E-state index contributed by atoms with van der Waals surface area (Å²) in [4.78, 5) is 29.6. The average molecular weight is 335 g/mol. The number of methoxy groups -OCH3 is 1. The molecule has 1 N–H and O–H groups in total. The minimum atomic E-state index is -0.239. The van der Waals surface area contributed by atoms with Crippen molar-refractivity contribution < 1.29 is 14.3 Å². The van der Waals surface area contributed by atoms with Crippen LogP contribution in [0.3, 0.4) is 0 Å². The summed E-state index contributed by atoms with van der Waals surface area (Å²) in [5.41, 5.74) is 0.748. The van der Waals surface area contributed by atoms with Crippen molar-refractivity contribution >= 4 is 28.2 Å². The van der Waals surface area contributed by atoms with E-state index in [1.807, 2.05) is 22.2 Å². The number of ether oxygens (including phenoxy) is 1. The SMILES string of the molecule is COC(=O)[C@H]1CCCCC[C@@H]1NC(=O)Cc1cn2ccsc2n1. The van der Waals surface area contributed by atoms with Gasteiger partial charge in [0.25, 0.3) is 0 Å². The lowest BCUT2D eigenvalue weighted by atomic mass is 9.94. The Hall–Kier alpha value is -1.89. The Morgan fingerprint density at radius 3 is 3.00 bits per heavy atom. The van der Waals surface area contributed by atoms with Crippen LogP contribution in [0.5, 0.6) is 0 Å². The summed E-state index contributed by atoms with van der Waals surface area (Å²) in [7, 11) is 1.41. The number of imidazole rings is 1. The highest BCUT2D eigenvalue weighted by atomic mass is 32.1. The lowest BCUT2D eigenvalue weighted by molar-refractivity contribution is -0.147. The molecule has 1 amide bonds. The van der Waals surface area contributed by atoms with Gasteiger partial charge in [0.1, 0.15) is 0 Å². The number of thiazole rings is 1. The Labute approximate surface area is 138 Å². The van der Waals surface area contributed by atoms with E-state index >= 15 is 0 Å². The molecule has 2 heterocycles. The van der Waals surface area contributed by atoms with Crippen molar-refractivity contribution in [2.24, 2.45) is 5.92 Å². The summed E-state index contributed by atoms with van der Waals surface area (Å²) in [5, 5.41) is 4.98. The smallest absolute Gasteiger partial charge is 0.310 e. The van der Waals surface area contributed by atoms with Gasteiger partial charge in [0.15, 0.2) is 4.96 Å². The van der Waals surface area contributed by atoms with E-state index in [-0.39, 0.29) is 30.3 Å². The topological polar surface area (TPSA) is 72.7 Å². The zero-order valence-corrected chi connectivity index (χ0v) is 14.0. The van der Waals surface area contributed by atoms with Crippen LogP contribution in [0.4, 0.5) is 0 Å². The summed E-state index contributed by atoms with van der Waals surface area (Å²) in [5.74, 6) is -0.548. The van der Waals surface area contributed by atoms with Crippen LogP contribution >= 0.6 is 11.3 Å². The molecule has 2 atom stereocenters. The molecule has 1 saturated carbocycles. The fourth-order valence-corrected chi connectivity index (χ4v) is 3.92. The molecule has 1 aliphatic carbocycles. The molecule has 6 nitrogen and oxygen atoms in total. The minimum Gasteiger partial charge on any atom is -0.469 e. The summed E-state index contributed by atoms with van der Waals surface area (Å²) in [6.07, 6.45) is 8.75. The van der Waals surface area contributed by atoms with Crippen molar-refractivity contribution in [1.29, 1.82) is 0 Å². The highest BCUT2D eigenvalue weighted by Gasteiger charge is 2.31. The van der Waals surface area contributed by atoms with Gasteiger partial charge >= 0.3 is 5.97 Å². The van der Waals surface area contributed by atoms with Gasteiger partial charge in [0, 0.05) is 23.8 Å². The highest BCUT2D eigenvalue weighted by Crippen LogP contribution is 2.24. The number of hydrogen-bond donors (Lipinski definition) is 1. The first-order valence-electron chi connectivity index (χ1n) is 7.95. The first-order valence-corrected chi connectivity index (χ1v) is 8.83. The third-order valence-electron chi connectivity index (χ3n) is 4.35. The number of rotatable bonds is 4. The van der Waals surface area contributed by atoms with E-state index in [0.717, 1.165) is 42.8 Å². The van der Waals surface area contributed by atoms with Crippen LogP contribution in [-0.4, -0.2) is 34.4 Å². The Bertz CT molecular complexity index is 665. The van der Waals surface area contributed by atoms with Crippen LogP contribution in [0.2, 0.25) is 0 Å². The molecule has 2 aromatic rings. The number of nitrogens with one attached hydrogen (secondary N) is 1. The maximum Gasteiger partial charge on any atom is 0.310 e. The quantitative estimate of drug-likeness (QED) is 0.686. The number of carbonyl (C=O) groups is 2. The fourth-order valence-electron chi connectivity index (χ4n) is 3.20. The van der Waals surface area contributed by atoms with Crippen LogP contribution in [-0.2, 0) is 20.7 Å². The van der Waals surface area contributed by atoms with Crippen LogP contribution in [0.25, 0.3) is 4.96 Å². The molecule has 23 heavy (non-hydrogen) atoms. The molecule has 2 aromatic heterocycles. The normalized spacial score (nSPS) is 21.8. The molecule has 0 aliphatic heterocycles. The van der Waals surface area contributed by atoms with Crippen molar-refractivity contribution in [2.45, 2.75) is 44.6 Å². The fraction of sp³-hybridized carbons (Fsp3) is 0.562. The molecule has 7 heteroatoms. The Kier molecular flexibility index (Phi) is 4.95. The largest absolute Gasteiger partial charge is 0.469 e. The molecule has 1 aliphatic rings. The third kappa shape index (κ3) is 3.72. The zero-order valence-electron chi connectivity index (χ0n) is 13.2. The monoisotopic (exact) mass is 335 g/mol. The van der Waals surface area contributed by atoms with Crippen LogP contribution < -0.4 is 5.32 Å². The number of esters is 1. The van der Waals surface area contributed by atoms with Crippen molar-refractivity contribution in [3.05, 3.63) is 23.5 Å². The number of fused-ring (bicyclic) bond motifs is 1. The molecule has 0 spiro atoms. The van der Waals surface area contributed by atoms with Crippen molar-refractivity contribution in [1.82, 2.24) is 14.7 Å². The third-order valence-corrected chi connectivity index (χ3v) is 5.12. The van der Waals surface area contributed by atoms with Crippen molar-refractivity contribution in [2.75, 3.05) is 7.11 Å². The Morgan fingerprint density at radius 2 is 2.22 bits per heavy atom. The molecular weight excluding hydrogens is 314 g/mol. The number of nitrogens with zero attached hydrogens (tertiary/aromatic N) is 2. The Morgan fingerprint density at radius 1 is 1.39 bits per heavy atom. The van der Waals surface area contributed by atoms with Crippen molar-refractivity contribution in [3.63, 3.8) is 0 Å². The zero-order chi connectivity index (χ0) is 16.2. The van der Waals surface area contributed by atoms with Gasteiger partial charge in [-0.15, -0.1) is 11.3 Å². The van der Waals surface area contributed by atoms with E-state index in [1.165, 1.54) is 18.4 Å². The molecule has 0 radical (unpaired) electrons. The number of hydrogen-bond acceptors (Lipinski definition) is 5. The average Bonchev–Trinajstić information content (AvgIpc) is 3.02. The molecule has 1 fully saturated rings. The second-order valence-electron chi connectivity index (χ2n) is 5.94. The standard InChI is InChI=1S/C16H21N3O3S/c1-22-15(21)12-5-3-2-4-6-13(12)18-14(20)9-11-10-19-7-8-23-16(19)17-11/h7-8,10,12-13H,2-6,9H2,1H3,(H,18,20)/t12-,13-/m0/s1. The lowest BCUT2D eigenvalue weighted by Gasteiger charge is -2.24. The predicted octanol–water partition coefficient (Wildman–Crippen LogP) is 2.18. The van der Waals surface area contributed by atoms with E-state index in [4.69, 9.17) is 4.74 Å². The number of aromatic nitrogens is 2. The first-order chi connectivity index (χ1) is 11.2. The molecule has 0 aromatic carbocycles. The maximum atomic E-state index is 12.3. The van der Waals surface area contributed by atoms with Crippen molar-refractivity contribution in [3.8, 4) is 0 Å². The summed E-state index contributed by atoms with van der Waals surface area (Å²) < 4.78 is 6.81. The first kappa shape index (κ1) is 16.0. The molecule has 0 saturated heterocycles. The van der Waals surface area contributed by atoms with Crippen LogP contribution in [0.1, 0.15) is 37.8 Å². The van der Waals surface area contributed by atoms with E-state index in [1.54, 1.807) is 0 Å². The van der Waals surface area contributed by atoms with Gasteiger partial charge in [0.2, 0.25) is 5.91 Å². The van der Waals surface area contributed by atoms with E-state index in [9.17, 15) is 9.59 Å². The molecule has 0 bridgehead atoms. The Balaban J connectivity index is 1.64.